The lowest BCUT2D eigenvalue weighted by molar-refractivity contribution is 0.351. The van der Waals surface area contributed by atoms with Gasteiger partial charge in [0.2, 0.25) is 0 Å². The second kappa shape index (κ2) is 2.30. The van der Waals surface area contributed by atoms with E-state index in [-0.39, 0.29) is 0 Å². The van der Waals surface area contributed by atoms with Gasteiger partial charge >= 0.3 is 0 Å². The Morgan fingerprint density at radius 2 is 2.25 bits per heavy atom. The van der Waals surface area contributed by atoms with Gasteiger partial charge in [-0.3, -0.25) is 4.90 Å². The van der Waals surface area contributed by atoms with Crippen molar-refractivity contribution in [3.8, 4) is 0 Å². The number of hydrogen-bond donors (Lipinski definition) is 0. The van der Waals surface area contributed by atoms with Gasteiger partial charge in [-0.1, -0.05) is 0 Å². The second-order valence-corrected chi connectivity index (χ2v) is 4.98. The Bertz CT molecular complexity index is 291. The second-order valence-electron chi connectivity index (χ2n) is 3.87. The van der Waals surface area contributed by atoms with Crippen molar-refractivity contribution >= 4 is 11.3 Å². The zero-order valence-electron chi connectivity index (χ0n) is 7.21. The molecule has 0 atom stereocenters. The number of rotatable bonds is 1. The van der Waals surface area contributed by atoms with Gasteiger partial charge in [-0.05, 0) is 19.9 Å². The van der Waals surface area contributed by atoms with E-state index in [4.69, 9.17) is 0 Å². The summed E-state index contributed by atoms with van der Waals surface area (Å²) in [7, 11) is 2.16. The molecule has 0 saturated heterocycles. The van der Waals surface area contributed by atoms with Crippen LogP contribution in [0.1, 0.15) is 34.3 Å². The average molecular weight is 180 g/mol. The molecule has 2 aliphatic rings. The third-order valence-corrected chi connectivity index (χ3v) is 3.80. The smallest absolute Gasteiger partial charge is 0.0963 e. The molecule has 0 N–H and O–H groups in total. The minimum absolute atomic E-state index is 0.839. The molecule has 0 amide bonds. The van der Waals surface area contributed by atoms with E-state index in [1.807, 2.05) is 11.3 Å². The summed E-state index contributed by atoms with van der Waals surface area (Å²) in [5.74, 6) is 0.839. The van der Waals surface area contributed by atoms with Gasteiger partial charge in [0, 0.05) is 23.9 Å². The van der Waals surface area contributed by atoms with Gasteiger partial charge in [-0.2, -0.15) is 0 Å². The summed E-state index contributed by atoms with van der Waals surface area (Å²) in [6.07, 6.45) is 2.75. The SMILES string of the molecule is CN1Cc2nc(C3CC3)sc2C1. The van der Waals surface area contributed by atoms with Crippen LogP contribution in [0.3, 0.4) is 0 Å². The highest BCUT2D eigenvalue weighted by atomic mass is 32.1. The number of hydrogen-bond acceptors (Lipinski definition) is 3. The van der Waals surface area contributed by atoms with Gasteiger partial charge in [0.05, 0.1) is 10.7 Å². The fraction of sp³-hybridized carbons (Fsp3) is 0.667. The summed E-state index contributed by atoms with van der Waals surface area (Å²) in [6, 6.07) is 0. The third kappa shape index (κ3) is 1.00. The largest absolute Gasteiger partial charge is 0.295 e. The Morgan fingerprint density at radius 3 is 2.92 bits per heavy atom. The molecule has 1 aliphatic heterocycles. The maximum absolute atomic E-state index is 4.68. The van der Waals surface area contributed by atoms with Crippen LogP contribution in [0, 0.1) is 0 Å². The van der Waals surface area contributed by atoms with Crippen molar-refractivity contribution in [1.82, 2.24) is 9.88 Å². The third-order valence-electron chi connectivity index (χ3n) is 2.55. The summed E-state index contributed by atoms with van der Waals surface area (Å²) in [5, 5.41) is 1.41. The molecule has 0 spiro atoms. The molecule has 1 aromatic heterocycles. The monoisotopic (exact) mass is 180 g/mol. The first kappa shape index (κ1) is 7.04. The fourth-order valence-electron chi connectivity index (χ4n) is 1.71. The highest BCUT2D eigenvalue weighted by Gasteiger charge is 2.30. The topological polar surface area (TPSA) is 16.1 Å². The summed E-state index contributed by atoms with van der Waals surface area (Å²) >= 11 is 1.94. The minimum Gasteiger partial charge on any atom is -0.295 e. The Hall–Kier alpha value is -0.410. The van der Waals surface area contributed by atoms with E-state index in [0.29, 0.717) is 0 Å². The molecule has 0 radical (unpaired) electrons. The van der Waals surface area contributed by atoms with Gasteiger partial charge in [0.1, 0.15) is 0 Å². The molecule has 2 heterocycles. The van der Waals surface area contributed by atoms with Crippen molar-refractivity contribution in [2.75, 3.05) is 7.05 Å². The molecule has 1 aromatic rings. The van der Waals surface area contributed by atoms with E-state index in [1.165, 1.54) is 28.4 Å². The Kier molecular flexibility index (Phi) is 1.35. The fourth-order valence-corrected chi connectivity index (χ4v) is 3.04. The van der Waals surface area contributed by atoms with E-state index in [0.717, 1.165) is 19.0 Å². The van der Waals surface area contributed by atoms with Crippen LogP contribution in [0.2, 0.25) is 0 Å². The maximum Gasteiger partial charge on any atom is 0.0963 e. The predicted molar refractivity (Wildman–Crippen MR) is 49.3 cm³/mol. The average Bonchev–Trinajstić information content (AvgIpc) is 2.69. The molecule has 0 aromatic carbocycles. The van der Waals surface area contributed by atoms with Gasteiger partial charge in [-0.15, -0.1) is 11.3 Å². The molecule has 0 unspecified atom stereocenters. The van der Waals surface area contributed by atoms with Gasteiger partial charge < -0.3 is 0 Å². The van der Waals surface area contributed by atoms with Crippen molar-refractivity contribution in [2.45, 2.75) is 31.8 Å². The highest BCUT2D eigenvalue weighted by Crippen LogP contribution is 2.43. The maximum atomic E-state index is 4.68. The lowest BCUT2D eigenvalue weighted by atomic mass is 10.4. The zero-order valence-corrected chi connectivity index (χ0v) is 8.02. The van der Waals surface area contributed by atoms with E-state index >= 15 is 0 Å². The molecule has 0 bridgehead atoms. The van der Waals surface area contributed by atoms with Gasteiger partial charge in [-0.25, -0.2) is 4.98 Å². The molecule has 1 saturated carbocycles. The molecule has 3 heteroatoms. The van der Waals surface area contributed by atoms with E-state index in [9.17, 15) is 0 Å². The molecule has 1 fully saturated rings. The molecular weight excluding hydrogens is 168 g/mol. The Balaban J connectivity index is 1.94. The van der Waals surface area contributed by atoms with Crippen LogP contribution in [0.5, 0.6) is 0 Å². The molecular formula is C9H12N2S. The van der Waals surface area contributed by atoms with E-state index < -0.39 is 0 Å². The van der Waals surface area contributed by atoms with Crippen molar-refractivity contribution in [2.24, 2.45) is 0 Å². The number of thiazole rings is 1. The Morgan fingerprint density at radius 1 is 1.42 bits per heavy atom. The molecule has 12 heavy (non-hydrogen) atoms. The van der Waals surface area contributed by atoms with Crippen LogP contribution in [-0.2, 0) is 13.1 Å². The quantitative estimate of drug-likeness (QED) is 0.657. The van der Waals surface area contributed by atoms with Crippen LogP contribution >= 0.6 is 11.3 Å². The molecule has 64 valence electrons. The lowest BCUT2D eigenvalue weighted by Crippen LogP contribution is -2.08. The zero-order chi connectivity index (χ0) is 8.13. The summed E-state index contributed by atoms with van der Waals surface area (Å²) in [6.45, 7) is 2.19. The van der Waals surface area contributed by atoms with Gasteiger partial charge in [0.15, 0.2) is 0 Å². The highest BCUT2D eigenvalue weighted by molar-refractivity contribution is 7.11. The number of nitrogens with zero attached hydrogens (tertiary/aromatic N) is 2. The first-order valence-electron chi connectivity index (χ1n) is 4.50. The van der Waals surface area contributed by atoms with Crippen LogP contribution in [-0.4, -0.2) is 16.9 Å². The van der Waals surface area contributed by atoms with Crippen LogP contribution < -0.4 is 0 Å². The normalized spacial score (nSPS) is 23.1. The molecule has 2 nitrogen and oxygen atoms in total. The van der Waals surface area contributed by atoms with E-state index in [1.54, 1.807) is 0 Å². The molecule has 1 aliphatic carbocycles. The molecule has 3 rings (SSSR count). The van der Waals surface area contributed by atoms with Gasteiger partial charge in [0.25, 0.3) is 0 Å². The van der Waals surface area contributed by atoms with Crippen molar-refractivity contribution < 1.29 is 0 Å². The minimum atomic E-state index is 0.839. The van der Waals surface area contributed by atoms with Crippen LogP contribution in [0.15, 0.2) is 0 Å². The predicted octanol–water partition coefficient (Wildman–Crippen LogP) is 1.97. The lowest BCUT2D eigenvalue weighted by Gasteiger charge is -2.03. The van der Waals surface area contributed by atoms with Crippen LogP contribution in [0.4, 0.5) is 0 Å². The standard InChI is InChI=1S/C9H12N2S/c1-11-4-7-8(5-11)12-9(10-7)6-2-3-6/h6H,2-5H2,1H3. The van der Waals surface area contributed by atoms with Crippen molar-refractivity contribution in [3.05, 3.63) is 15.6 Å². The summed E-state index contributed by atoms with van der Waals surface area (Å²) in [5.41, 5.74) is 1.35. The summed E-state index contributed by atoms with van der Waals surface area (Å²) < 4.78 is 0. The summed E-state index contributed by atoms with van der Waals surface area (Å²) in [4.78, 5) is 8.52. The van der Waals surface area contributed by atoms with E-state index in [2.05, 4.69) is 16.9 Å². The number of fused-ring (bicyclic) bond motifs is 1. The Labute approximate surface area is 76.2 Å². The number of aromatic nitrogens is 1. The van der Waals surface area contributed by atoms with Crippen molar-refractivity contribution in [3.63, 3.8) is 0 Å². The first-order valence-corrected chi connectivity index (χ1v) is 5.31. The van der Waals surface area contributed by atoms with Crippen LogP contribution in [0.25, 0.3) is 0 Å². The first-order chi connectivity index (χ1) is 5.83. The van der Waals surface area contributed by atoms with Crippen molar-refractivity contribution in [1.29, 1.82) is 0 Å².